The van der Waals surface area contributed by atoms with E-state index in [2.05, 4.69) is 18.0 Å². The largest absolute Gasteiger partial charge is 0.496 e. The van der Waals surface area contributed by atoms with Gasteiger partial charge in [0.15, 0.2) is 0 Å². The lowest BCUT2D eigenvalue weighted by molar-refractivity contribution is 0.397. The lowest BCUT2D eigenvalue weighted by Gasteiger charge is -2.15. The summed E-state index contributed by atoms with van der Waals surface area (Å²) in [6, 6.07) is 7.85. The van der Waals surface area contributed by atoms with Gasteiger partial charge in [-0.1, -0.05) is 6.07 Å². The SMILES string of the molecule is COc1cccc(OC)c1-c1c(C)ccn2ccnc12. The number of nitrogens with zero attached hydrogens (tertiary/aromatic N) is 2. The molecule has 3 rings (SSSR count). The summed E-state index contributed by atoms with van der Waals surface area (Å²) < 4.78 is 13.0. The maximum Gasteiger partial charge on any atom is 0.145 e. The first-order valence-corrected chi connectivity index (χ1v) is 6.40. The average molecular weight is 268 g/mol. The van der Waals surface area contributed by atoms with Crippen molar-refractivity contribution in [2.45, 2.75) is 6.92 Å². The van der Waals surface area contributed by atoms with Crippen molar-refractivity contribution in [3.63, 3.8) is 0 Å². The van der Waals surface area contributed by atoms with E-state index in [-0.39, 0.29) is 0 Å². The van der Waals surface area contributed by atoms with E-state index in [1.54, 1.807) is 20.4 Å². The fraction of sp³-hybridized carbons (Fsp3) is 0.188. The van der Waals surface area contributed by atoms with E-state index in [0.717, 1.165) is 33.8 Å². The molecule has 0 aliphatic heterocycles. The summed E-state index contributed by atoms with van der Waals surface area (Å²) in [6.45, 7) is 2.07. The second-order valence-electron chi connectivity index (χ2n) is 4.57. The first-order chi connectivity index (χ1) is 9.76. The number of hydrogen-bond donors (Lipinski definition) is 0. The van der Waals surface area contributed by atoms with Crippen LogP contribution in [0.5, 0.6) is 11.5 Å². The van der Waals surface area contributed by atoms with Gasteiger partial charge in [-0.2, -0.15) is 0 Å². The fourth-order valence-corrected chi connectivity index (χ4v) is 2.49. The number of ether oxygens (including phenoxy) is 2. The standard InChI is InChI=1S/C16H16N2O2/c1-11-7-9-18-10-8-17-16(18)14(11)15-12(19-2)5-4-6-13(15)20-3/h4-10H,1-3H3. The number of fused-ring (bicyclic) bond motifs is 1. The van der Waals surface area contributed by atoms with Crippen molar-refractivity contribution in [2.75, 3.05) is 14.2 Å². The topological polar surface area (TPSA) is 35.8 Å². The molecule has 0 atom stereocenters. The smallest absolute Gasteiger partial charge is 0.145 e. The van der Waals surface area contributed by atoms with Gasteiger partial charge in [-0.05, 0) is 30.7 Å². The lowest BCUT2D eigenvalue weighted by atomic mass is 10.00. The Kier molecular flexibility index (Phi) is 3.06. The first kappa shape index (κ1) is 12.5. The first-order valence-electron chi connectivity index (χ1n) is 6.40. The highest BCUT2D eigenvalue weighted by atomic mass is 16.5. The van der Waals surface area contributed by atoms with Gasteiger partial charge in [-0.25, -0.2) is 4.98 Å². The van der Waals surface area contributed by atoms with Gasteiger partial charge < -0.3 is 13.9 Å². The molecule has 0 fully saturated rings. The van der Waals surface area contributed by atoms with E-state index in [9.17, 15) is 0 Å². The summed E-state index contributed by atoms with van der Waals surface area (Å²) >= 11 is 0. The Balaban J connectivity index is 2.41. The minimum atomic E-state index is 0.781. The second kappa shape index (κ2) is 4.89. The third-order valence-corrected chi connectivity index (χ3v) is 3.45. The summed E-state index contributed by atoms with van der Waals surface area (Å²) in [5, 5.41) is 0. The molecule has 102 valence electrons. The predicted molar refractivity (Wildman–Crippen MR) is 78.5 cm³/mol. The number of aromatic nitrogens is 2. The molecular formula is C16H16N2O2. The molecule has 0 aliphatic carbocycles. The van der Waals surface area contributed by atoms with Gasteiger partial charge in [0, 0.05) is 24.2 Å². The Morgan fingerprint density at radius 2 is 1.65 bits per heavy atom. The Hall–Kier alpha value is -2.49. The van der Waals surface area contributed by atoms with Gasteiger partial charge in [0.05, 0.1) is 19.8 Å². The van der Waals surface area contributed by atoms with E-state index in [1.807, 2.05) is 35.0 Å². The highest BCUT2D eigenvalue weighted by Crippen LogP contribution is 2.41. The summed E-state index contributed by atoms with van der Waals surface area (Å²) in [5.41, 5.74) is 4.00. The minimum absolute atomic E-state index is 0.781. The number of imidazole rings is 1. The molecule has 4 nitrogen and oxygen atoms in total. The third-order valence-electron chi connectivity index (χ3n) is 3.45. The van der Waals surface area contributed by atoms with E-state index < -0.39 is 0 Å². The quantitative estimate of drug-likeness (QED) is 0.731. The van der Waals surface area contributed by atoms with Gasteiger partial charge in [0.1, 0.15) is 17.1 Å². The Bertz CT molecular complexity index is 740. The molecule has 0 amide bonds. The third kappa shape index (κ3) is 1.81. The van der Waals surface area contributed by atoms with Crippen molar-refractivity contribution in [1.82, 2.24) is 9.38 Å². The monoisotopic (exact) mass is 268 g/mol. The molecule has 1 aromatic carbocycles. The van der Waals surface area contributed by atoms with Crippen molar-refractivity contribution < 1.29 is 9.47 Å². The fourth-order valence-electron chi connectivity index (χ4n) is 2.49. The predicted octanol–water partition coefficient (Wildman–Crippen LogP) is 3.33. The molecule has 0 spiro atoms. The normalized spacial score (nSPS) is 10.8. The van der Waals surface area contributed by atoms with Crippen LogP contribution in [-0.2, 0) is 0 Å². The number of pyridine rings is 1. The van der Waals surface area contributed by atoms with Crippen molar-refractivity contribution >= 4 is 5.65 Å². The van der Waals surface area contributed by atoms with Crippen LogP contribution >= 0.6 is 0 Å². The molecule has 2 aromatic heterocycles. The minimum Gasteiger partial charge on any atom is -0.496 e. The highest BCUT2D eigenvalue weighted by Gasteiger charge is 2.18. The maximum absolute atomic E-state index is 5.51. The molecule has 0 aliphatic rings. The van der Waals surface area contributed by atoms with Gasteiger partial charge in [-0.3, -0.25) is 0 Å². The molecule has 0 unspecified atom stereocenters. The second-order valence-corrected chi connectivity index (χ2v) is 4.57. The highest BCUT2D eigenvalue weighted by molar-refractivity contribution is 5.87. The van der Waals surface area contributed by atoms with Gasteiger partial charge in [-0.15, -0.1) is 0 Å². The van der Waals surface area contributed by atoms with Crippen LogP contribution in [0.3, 0.4) is 0 Å². The van der Waals surface area contributed by atoms with Crippen LogP contribution < -0.4 is 9.47 Å². The summed E-state index contributed by atoms with van der Waals surface area (Å²) in [5.74, 6) is 1.56. The van der Waals surface area contributed by atoms with Crippen LogP contribution in [0.25, 0.3) is 16.8 Å². The Labute approximate surface area is 117 Å². The number of hydrogen-bond acceptors (Lipinski definition) is 3. The number of aryl methyl sites for hydroxylation is 1. The van der Waals surface area contributed by atoms with Gasteiger partial charge in [0.2, 0.25) is 0 Å². The summed E-state index contributed by atoms with van der Waals surface area (Å²) in [4.78, 5) is 4.46. The summed E-state index contributed by atoms with van der Waals surface area (Å²) in [6.07, 6.45) is 5.73. The van der Waals surface area contributed by atoms with Crippen LogP contribution in [0.15, 0.2) is 42.9 Å². The molecule has 20 heavy (non-hydrogen) atoms. The molecule has 0 bridgehead atoms. The van der Waals surface area contributed by atoms with Gasteiger partial charge >= 0.3 is 0 Å². The maximum atomic E-state index is 5.51. The molecule has 4 heteroatoms. The molecular weight excluding hydrogens is 252 g/mol. The number of rotatable bonds is 3. The van der Waals surface area contributed by atoms with Crippen LogP contribution in [0, 0.1) is 6.92 Å². The molecule has 0 N–H and O–H groups in total. The summed E-state index contributed by atoms with van der Waals surface area (Å²) in [7, 11) is 3.33. The van der Waals surface area contributed by atoms with E-state index >= 15 is 0 Å². The van der Waals surface area contributed by atoms with Crippen LogP contribution in [0.1, 0.15) is 5.56 Å². The van der Waals surface area contributed by atoms with E-state index in [0.29, 0.717) is 0 Å². The molecule has 2 heterocycles. The average Bonchev–Trinajstić information content (AvgIpc) is 2.95. The molecule has 0 saturated carbocycles. The van der Waals surface area contributed by atoms with Crippen molar-refractivity contribution in [1.29, 1.82) is 0 Å². The van der Waals surface area contributed by atoms with Gasteiger partial charge in [0.25, 0.3) is 0 Å². The van der Waals surface area contributed by atoms with Crippen molar-refractivity contribution in [3.05, 3.63) is 48.4 Å². The van der Waals surface area contributed by atoms with E-state index in [1.165, 1.54) is 0 Å². The lowest BCUT2D eigenvalue weighted by Crippen LogP contribution is -1.97. The number of benzene rings is 1. The number of methoxy groups -OCH3 is 2. The van der Waals surface area contributed by atoms with Crippen LogP contribution in [0.2, 0.25) is 0 Å². The Morgan fingerprint density at radius 3 is 2.30 bits per heavy atom. The van der Waals surface area contributed by atoms with Crippen LogP contribution in [-0.4, -0.2) is 23.6 Å². The van der Waals surface area contributed by atoms with Crippen LogP contribution in [0.4, 0.5) is 0 Å². The molecule has 0 radical (unpaired) electrons. The van der Waals surface area contributed by atoms with Crippen molar-refractivity contribution in [3.8, 4) is 22.6 Å². The van der Waals surface area contributed by atoms with Crippen molar-refractivity contribution in [2.24, 2.45) is 0 Å². The molecule has 0 saturated heterocycles. The molecule has 3 aromatic rings. The Morgan fingerprint density at radius 1 is 0.950 bits per heavy atom. The zero-order valence-corrected chi connectivity index (χ0v) is 11.8. The zero-order chi connectivity index (χ0) is 14.1. The zero-order valence-electron chi connectivity index (χ0n) is 11.8. The van der Waals surface area contributed by atoms with E-state index in [4.69, 9.17) is 9.47 Å².